The van der Waals surface area contributed by atoms with Gasteiger partial charge in [-0.2, -0.15) is 10.2 Å². The normalized spacial score (nSPS) is 11.0. The minimum atomic E-state index is -0.205. The fourth-order valence-corrected chi connectivity index (χ4v) is 2.93. The average Bonchev–Trinajstić information content (AvgIpc) is 2.91. The van der Waals surface area contributed by atoms with Gasteiger partial charge in [-0.05, 0) is 30.7 Å². The zero-order valence-electron chi connectivity index (χ0n) is 14.0. The van der Waals surface area contributed by atoms with Crippen molar-refractivity contribution in [1.29, 1.82) is 0 Å². The van der Waals surface area contributed by atoms with Crippen molar-refractivity contribution in [2.45, 2.75) is 13.3 Å². The number of hydrogen-bond acceptors (Lipinski definition) is 3. The van der Waals surface area contributed by atoms with Crippen LogP contribution in [-0.2, 0) is 11.2 Å². The van der Waals surface area contributed by atoms with Crippen LogP contribution in [0.15, 0.2) is 59.7 Å². The van der Waals surface area contributed by atoms with E-state index in [9.17, 15) is 4.79 Å². The Morgan fingerprint density at radius 2 is 1.96 bits per heavy atom. The Hall–Kier alpha value is -2.63. The molecule has 2 aromatic carbocycles. The molecular formula is C19H16Cl2N4O. The highest BCUT2D eigenvalue weighted by molar-refractivity contribution is 6.32. The molecule has 1 aromatic heterocycles. The van der Waals surface area contributed by atoms with E-state index in [0.717, 1.165) is 11.3 Å². The van der Waals surface area contributed by atoms with Crippen molar-refractivity contribution in [2.75, 3.05) is 0 Å². The lowest BCUT2D eigenvalue weighted by molar-refractivity contribution is -0.120. The molecule has 5 nitrogen and oxygen atoms in total. The van der Waals surface area contributed by atoms with E-state index in [1.54, 1.807) is 16.8 Å². The van der Waals surface area contributed by atoms with E-state index in [2.05, 4.69) is 15.6 Å². The van der Waals surface area contributed by atoms with Crippen LogP contribution in [0.25, 0.3) is 5.69 Å². The molecule has 0 bridgehead atoms. The molecule has 0 saturated heterocycles. The van der Waals surface area contributed by atoms with Gasteiger partial charge >= 0.3 is 0 Å². The molecule has 3 rings (SSSR count). The molecule has 0 radical (unpaired) electrons. The molecule has 0 aliphatic carbocycles. The molecule has 1 heterocycles. The van der Waals surface area contributed by atoms with Crippen molar-refractivity contribution >= 4 is 35.3 Å². The van der Waals surface area contributed by atoms with Gasteiger partial charge in [-0.15, -0.1) is 0 Å². The first-order chi connectivity index (χ1) is 12.5. The van der Waals surface area contributed by atoms with Gasteiger partial charge in [-0.3, -0.25) is 4.79 Å². The van der Waals surface area contributed by atoms with Crippen LogP contribution < -0.4 is 5.43 Å². The van der Waals surface area contributed by atoms with Gasteiger partial charge in [0, 0.05) is 5.02 Å². The van der Waals surface area contributed by atoms with Crippen molar-refractivity contribution in [3.8, 4) is 5.69 Å². The highest BCUT2D eigenvalue weighted by Crippen LogP contribution is 2.23. The molecule has 1 amide bonds. The van der Waals surface area contributed by atoms with Crippen LogP contribution in [0.3, 0.4) is 0 Å². The first kappa shape index (κ1) is 18.2. The van der Waals surface area contributed by atoms with Gasteiger partial charge in [0.15, 0.2) is 0 Å². The highest BCUT2D eigenvalue weighted by Gasteiger charge is 2.13. The summed E-state index contributed by atoms with van der Waals surface area (Å²) in [5.74, 6) is -0.205. The van der Waals surface area contributed by atoms with E-state index < -0.39 is 0 Å². The summed E-state index contributed by atoms with van der Waals surface area (Å²) in [6.07, 6.45) is 1.75. The molecule has 7 heteroatoms. The van der Waals surface area contributed by atoms with Gasteiger partial charge in [0.1, 0.15) is 5.15 Å². The highest BCUT2D eigenvalue weighted by atomic mass is 35.5. The van der Waals surface area contributed by atoms with Gasteiger partial charge in [-0.25, -0.2) is 10.1 Å². The van der Waals surface area contributed by atoms with Gasteiger partial charge in [0.25, 0.3) is 0 Å². The van der Waals surface area contributed by atoms with E-state index in [1.165, 1.54) is 6.21 Å². The summed E-state index contributed by atoms with van der Waals surface area (Å²) >= 11 is 12.4. The smallest absolute Gasteiger partial charge is 0.244 e. The second-order valence-corrected chi connectivity index (χ2v) is 6.43. The van der Waals surface area contributed by atoms with E-state index in [0.29, 0.717) is 21.4 Å². The summed E-state index contributed by atoms with van der Waals surface area (Å²) in [6, 6.07) is 16.7. The number of carbonyl (C=O) groups excluding carboxylic acids is 1. The molecule has 0 saturated carbocycles. The van der Waals surface area contributed by atoms with E-state index in [4.69, 9.17) is 23.2 Å². The van der Waals surface area contributed by atoms with Crippen LogP contribution >= 0.6 is 23.2 Å². The van der Waals surface area contributed by atoms with E-state index >= 15 is 0 Å². The summed E-state index contributed by atoms with van der Waals surface area (Å²) in [6.45, 7) is 1.82. The third kappa shape index (κ3) is 4.31. The van der Waals surface area contributed by atoms with Gasteiger partial charge in [0.2, 0.25) is 5.91 Å². The number of rotatable bonds is 5. The van der Waals surface area contributed by atoms with Crippen molar-refractivity contribution in [3.63, 3.8) is 0 Å². The number of hydrogen-bond donors (Lipinski definition) is 1. The number of aryl methyl sites for hydroxylation is 1. The van der Waals surface area contributed by atoms with E-state index in [1.807, 2.05) is 49.4 Å². The zero-order valence-corrected chi connectivity index (χ0v) is 15.5. The number of nitrogens with one attached hydrogen (secondary N) is 1. The molecule has 3 aromatic rings. The minimum absolute atomic E-state index is 0.205. The first-order valence-electron chi connectivity index (χ1n) is 7.91. The summed E-state index contributed by atoms with van der Waals surface area (Å²) in [4.78, 5) is 11.9. The standard InChI is InChI=1S/C19H16Cl2N4O/c1-13-17(12-22-23-18(26)10-14-6-3-2-4-7-14)19(21)25(24-13)16-9-5-8-15(20)11-16/h2-9,11-12H,10H2,1H3,(H,23,26)/b22-12-. The van der Waals surface area contributed by atoms with Crippen LogP contribution in [-0.4, -0.2) is 21.9 Å². The third-order valence-electron chi connectivity index (χ3n) is 3.69. The predicted molar refractivity (Wildman–Crippen MR) is 104 cm³/mol. The van der Waals surface area contributed by atoms with Crippen molar-refractivity contribution in [3.05, 3.63) is 81.6 Å². The Morgan fingerprint density at radius 1 is 1.19 bits per heavy atom. The lowest BCUT2D eigenvalue weighted by Gasteiger charge is -2.03. The third-order valence-corrected chi connectivity index (χ3v) is 4.29. The maximum atomic E-state index is 11.9. The average molecular weight is 387 g/mol. The Kier molecular flexibility index (Phi) is 5.71. The maximum absolute atomic E-state index is 11.9. The number of aromatic nitrogens is 2. The van der Waals surface area contributed by atoms with Gasteiger partial charge in [-0.1, -0.05) is 59.6 Å². The van der Waals surface area contributed by atoms with Crippen LogP contribution in [0, 0.1) is 6.92 Å². The summed E-state index contributed by atoms with van der Waals surface area (Å²) in [5.41, 5.74) is 5.50. The Morgan fingerprint density at radius 3 is 2.69 bits per heavy atom. The first-order valence-corrected chi connectivity index (χ1v) is 8.67. The van der Waals surface area contributed by atoms with Crippen molar-refractivity contribution in [1.82, 2.24) is 15.2 Å². The topological polar surface area (TPSA) is 59.3 Å². The lowest BCUT2D eigenvalue weighted by atomic mass is 10.1. The number of carbonyl (C=O) groups is 1. The van der Waals surface area contributed by atoms with Crippen LogP contribution in [0.5, 0.6) is 0 Å². The molecule has 26 heavy (non-hydrogen) atoms. The van der Waals surface area contributed by atoms with Gasteiger partial charge < -0.3 is 0 Å². The fraction of sp³-hybridized carbons (Fsp3) is 0.105. The number of halogens is 2. The fourth-order valence-electron chi connectivity index (χ4n) is 2.43. The molecule has 0 aliphatic rings. The van der Waals surface area contributed by atoms with Crippen LogP contribution in [0.4, 0.5) is 0 Å². The molecule has 132 valence electrons. The summed E-state index contributed by atoms with van der Waals surface area (Å²) < 4.78 is 1.58. The summed E-state index contributed by atoms with van der Waals surface area (Å²) in [5, 5.41) is 9.39. The lowest BCUT2D eigenvalue weighted by Crippen LogP contribution is -2.19. The summed E-state index contributed by atoms with van der Waals surface area (Å²) in [7, 11) is 0. The molecule has 0 atom stereocenters. The Balaban J connectivity index is 1.72. The van der Waals surface area contributed by atoms with Crippen molar-refractivity contribution < 1.29 is 4.79 Å². The number of benzene rings is 2. The predicted octanol–water partition coefficient (Wildman–Crippen LogP) is 4.18. The van der Waals surface area contributed by atoms with Crippen LogP contribution in [0.1, 0.15) is 16.8 Å². The SMILES string of the molecule is Cc1nn(-c2cccc(Cl)c2)c(Cl)c1/C=N\NC(=O)Cc1ccccc1. The number of nitrogens with zero attached hydrogens (tertiary/aromatic N) is 3. The quantitative estimate of drug-likeness (QED) is 0.528. The Labute approximate surface area is 161 Å². The monoisotopic (exact) mass is 386 g/mol. The second kappa shape index (κ2) is 8.17. The minimum Gasteiger partial charge on any atom is -0.273 e. The largest absolute Gasteiger partial charge is 0.273 e. The number of amides is 1. The molecular weight excluding hydrogens is 371 g/mol. The molecule has 0 unspecified atom stereocenters. The van der Waals surface area contributed by atoms with Crippen LogP contribution in [0.2, 0.25) is 10.2 Å². The van der Waals surface area contributed by atoms with E-state index in [-0.39, 0.29) is 12.3 Å². The zero-order chi connectivity index (χ0) is 18.5. The second-order valence-electron chi connectivity index (χ2n) is 5.64. The molecule has 0 fully saturated rings. The molecule has 0 aliphatic heterocycles. The van der Waals surface area contributed by atoms with Gasteiger partial charge in [0.05, 0.1) is 29.6 Å². The van der Waals surface area contributed by atoms with Crippen molar-refractivity contribution in [2.24, 2.45) is 5.10 Å². The number of hydrazone groups is 1. The maximum Gasteiger partial charge on any atom is 0.244 e. The molecule has 1 N–H and O–H groups in total. The molecule has 0 spiro atoms. The Bertz CT molecular complexity index is 951.